The minimum atomic E-state index is -0.457. The molecule has 2 aromatic rings. The third kappa shape index (κ3) is 5.28. The molecule has 0 unspecified atom stereocenters. The Morgan fingerprint density at radius 1 is 1.13 bits per heavy atom. The van der Waals surface area contributed by atoms with E-state index in [9.17, 15) is 9.18 Å². The van der Waals surface area contributed by atoms with Crippen molar-refractivity contribution < 1.29 is 13.9 Å². The Morgan fingerprint density at radius 2 is 1.83 bits per heavy atom. The zero-order valence-corrected chi connectivity index (χ0v) is 17.3. The predicted octanol–water partition coefficient (Wildman–Crippen LogP) is 3.29. The van der Waals surface area contributed by atoms with Gasteiger partial charge in [-0.1, -0.05) is 24.3 Å². The summed E-state index contributed by atoms with van der Waals surface area (Å²) >= 11 is 0. The van der Waals surface area contributed by atoms with E-state index in [0.29, 0.717) is 6.61 Å². The first-order valence-corrected chi connectivity index (χ1v) is 10.2. The number of piperazine rings is 1. The lowest BCUT2D eigenvalue weighted by Gasteiger charge is -2.37. The van der Waals surface area contributed by atoms with Crippen molar-refractivity contribution in [3.8, 4) is 11.8 Å². The second-order valence-electron chi connectivity index (χ2n) is 7.07. The molecule has 0 N–H and O–H groups in total. The molecule has 2 aromatic carbocycles. The molecule has 6 nitrogen and oxygen atoms in total. The highest BCUT2D eigenvalue weighted by atomic mass is 19.1. The number of hydrogen-bond acceptors (Lipinski definition) is 5. The number of para-hydroxylation sites is 3. The van der Waals surface area contributed by atoms with Crippen molar-refractivity contribution in [1.29, 1.82) is 5.26 Å². The molecule has 1 aliphatic rings. The van der Waals surface area contributed by atoms with Gasteiger partial charge in [-0.05, 0) is 31.2 Å². The number of anilines is 2. The summed E-state index contributed by atoms with van der Waals surface area (Å²) in [7, 11) is 0. The third-order valence-corrected chi connectivity index (χ3v) is 5.13. The second-order valence-corrected chi connectivity index (χ2v) is 7.07. The summed E-state index contributed by atoms with van der Waals surface area (Å²) in [6.07, 6.45) is 0.155. The fourth-order valence-corrected chi connectivity index (χ4v) is 3.63. The topological polar surface area (TPSA) is 59.8 Å². The Hall–Kier alpha value is -3.11. The van der Waals surface area contributed by atoms with Crippen molar-refractivity contribution in [2.24, 2.45) is 0 Å². The molecule has 0 spiro atoms. The van der Waals surface area contributed by atoms with E-state index in [-0.39, 0.29) is 31.1 Å². The van der Waals surface area contributed by atoms with E-state index >= 15 is 0 Å². The predicted molar refractivity (Wildman–Crippen MR) is 115 cm³/mol. The smallest absolute Gasteiger partial charge is 0.241 e. The molecule has 0 aliphatic carbocycles. The molecule has 0 atom stereocenters. The van der Waals surface area contributed by atoms with Crippen LogP contribution in [0.5, 0.6) is 5.75 Å². The van der Waals surface area contributed by atoms with Gasteiger partial charge >= 0.3 is 0 Å². The quantitative estimate of drug-likeness (QED) is 0.668. The molecular weight excluding hydrogens is 383 g/mol. The van der Waals surface area contributed by atoms with Gasteiger partial charge in [0.2, 0.25) is 5.91 Å². The Morgan fingerprint density at radius 3 is 2.53 bits per heavy atom. The van der Waals surface area contributed by atoms with Crippen molar-refractivity contribution in [2.45, 2.75) is 13.3 Å². The van der Waals surface area contributed by atoms with E-state index in [4.69, 9.17) is 10.00 Å². The first-order chi connectivity index (χ1) is 14.6. The van der Waals surface area contributed by atoms with E-state index in [1.807, 2.05) is 37.3 Å². The van der Waals surface area contributed by atoms with Gasteiger partial charge in [0.15, 0.2) is 0 Å². The zero-order chi connectivity index (χ0) is 21.3. The third-order valence-electron chi connectivity index (χ3n) is 5.13. The van der Waals surface area contributed by atoms with Crippen LogP contribution < -0.4 is 14.5 Å². The van der Waals surface area contributed by atoms with Crippen LogP contribution in [0.2, 0.25) is 0 Å². The summed E-state index contributed by atoms with van der Waals surface area (Å²) in [6, 6.07) is 16.2. The van der Waals surface area contributed by atoms with Crippen molar-refractivity contribution >= 4 is 17.3 Å². The number of nitrogens with zero attached hydrogens (tertiary/aromatic N) is 4. The largest absolute Gasteiger partial charge is 0.492 e. The maximum absolute atomic E-state index is 14.2. The van der Waals surface area contributed by atoms with Crippen molar-refractivity contribution in [1.82, 2.24) is 4.90 Å². The highest BCUT2D eigenvalue weighted by molar-refractivity contribution is 5.95. The van der Waals surface area contributed by atoms with Gasteiger partial charge in [-0.25, -0.2) is 4.39 Å². The molecule has 1 aliphatic heterocycles. The first kappa shape index (κ1) is 21.6. The lowest BCUT2D eigenvalue weighted by molar-refractivity contribution is -0.119. The summed E-state index contributed by atoms with van der Waals surface area (Å²) in [5.41, 5.74) is 1.29. The lowest BCUT2D eigenvalue weighted by Crippen LogP contribution is -2.50. The van der Waals surface area contributed by atoms with Crippen molar-refractivity contribution in [3.05, 3.63) is 54.3 Å². The van der Waals surface area contributed by atoms with Gasteiger partial charge in [0, 0.05) is 32.7 Å². The van der Waals surface area contributed by atoms with Gasteiger partial charge in [0.25, 0.3) is 0 Å². The Balaban J connectivity index is 1.62. The standard InChI is InChI=1S/C23H27FN4O2/c1-2-30-22-11-6-5-10-21(22)27-16-14-26(15-17-27)18-23(29)28(13-7-12-25)20-9-4-3-8-19(20)24/h3-6,8-11H,2,7,13-18H2,1H3. The summed E-state index contributed by atoms with van der Waals surface area (Å²) in [5.74, 6) is 0.214. The number of halogens is 1. The molecule has 0 aromatic heterocycles. The minimum Gasteiger partial charge on any atom is -0.492 e. The average molecular weight is 410 g/mol. The molecule has 1 amide bonds. The van der Waals surface area contributed by atoms with Gasteiger partial charge in [-0.3, -0.25) is 9.69 Å². The van der Waals surface area contributed by atoms with E-state index in [0.717, 1.165) is 37.6 Å². The highest BCUT2D eigenvalue weighted by Crippen LogP contribution is 2.29. The number of ether oxygens (including phenoxy) is 1. The number of rotatable bonds is 8. The van der Waals surface area contributed by atoms with Crippen LogP contribution in [0.1, 0.15) is 13.3 Å². The lowest BCUT2D eigenvalue weighted by atomic mass is 10.2. The van der Waals surface area contributed by atoms with Crippen molar-refractivity contribution in [2.75, 3.05) is 55.7 Å². The Labute approximate surface area is 177 Å². The fraction of sp³-hybridized carbons (Fsp3) is 0.391. The minimum absolute atomic E-state index is 0.155. The number of benzene rings is 2. The van der Waals surface area contributed by atoms with Crippen LogP contribution in [0.3, 0.4) is 0 Å². The van der Waals surface area contributed by atoms with Gasteiger partial charge in [0.1, 0.15) is 11.6 Å². The Kier molecular flexibility index (Phi) is 7.63. The number of carbonyl (C=O) groups excluding carboxylic acids is 1. The average Bonchev–Trinajstić information content (AvgIpc) is 2.76. The van der Waals surface area contributed by atoms with Crippen LogP contribution in [0.25, 0.3) is 0 Å². The molecule has 0 radical (unpaired) electrons. The van der Waals surface area contributed by atoms with Gasteiger partial charge in [-0.15, -0.1) is 0 Å². The molecule has 1 heterocycles. The maximum Gasteiger partial charge on any atom is 0.241 e. The molecule has 3 rings (SSSR count). The SMILES string of the molecule is CCOc1ccccc1N1CCN(CC(=O)N(CCC#N)c2ccccc2F)CC1. The van der Waals surface area contributed by atoms with E-state index in [1.54, 1.807) is 18.2 Å². The summed E-state index contributed by atoms with van der Waals surface area (Å²) in [5, 5.41) is 8.92. The van der Waals surface area contributed by atoms with Gasteiger partial charge in [-0.2, -0.15) is 5.26 Å². The number of hydrogen-bond donors (Lipinski definition) is 0. The summed E-state index contributed by atoms with van der Waals surface area (Å²) < 4.78 is 20.0. The molecule has 1 saturated heterocycles. The van der Waals surface area contributed by atoms with Crippen molar-refractivity contribution in [3.63, 3.8) is 0 Å². The summed E-state index contributed by atoms with van der Waals surface area (Å²) in [6.45, 7) is 5.93. The fourth-order valence-electron chi connectivity index (χ4n) is 3.63. The molecule has 158 valence electrons. The normalized spacial score (nSPS) is 14.2. The highest BCUT2D eigenvalue weighted by Gasteiger charge is 2.25. The molecule has 30 heavy (non-hydrogen) atoms. The van der Waals surface area contributed by atoms with Crippen LogP contribution in [-0.2, 0) is 4.79 Å². The number of amides is 1. The summed E-state index contributed by atoms with van der Waals surface area (Å²) in [4.78, 5) is 18.7. The van der Waals surface area contributed by atoms with Crippen LogP contribution in [0.15, 0.2) is 48.5 Å². The number of nitriles is 1. The van der Waals surface area contributed by atoms with E-state index in [1.165, 1.54) is 11.0 Å². The van der Waals surface area contributed by atoms with Gasteiger partial charge in [0.05, 0.1) is 37.0 Å². The molecule has 7 heteroatoms. The van der Waals surface area contributed by atoms with Crippen LogP contribution in [0.4, 0.5) is 15.8 Å². The van der Waals surface area contributed by atoms with E-state index < -0.39 is 5.82 Å². The van der Waals surface area contributed by atoms with E-state index in [2.05, 4.69) is 9.80 Å². The molecule has 1 fully saturated rings. The Bertz CT molecular complexity index is 891. The van der Waals surface area contributed by atoms with Crippen LogP contribution in [0, 0.1) is 17.1 Å². The second kappa shape index (κ2) is 10.6. The van der Waals surface area contributed by atoms with Gasteiger partial charge < -0.3 is 14.5 Å². The van der Waals surface area contributed by atoms with Crippen LogP contribution >= 0.6 is 0 Å². The molecular formula is C23H27FN4O2. The number of carbonyl (C=O) groups is 1. The molecule has 0 bridgehead atoms. The maximum atomic E-state index is 14.2. The first-order valence-electron chi connectivity index (χ1n) is 10.2. The monoisotopic (exact) mass is 410 g/mol. The van der Waals surface area contributed by atoms with Crippen LogP contribution in [-0.4, -0.2) is 56.7 Å². The molecule has 0 saturated carbocycles. The zero-order valence-electron chi connectivity index (χ0n) is 17.3.